The van der Waals surface area contributed by atoms with Gasteiger partial charge in [-0.2, -0.15) is 13.2 Å². The highest BCUT2D eigenvalue weighted by Crippen LogP contribution is 2.37. The van der Waals surface area contributed by atoms with Crippen LogP contribution < -0.4 is 20.7 Å². The van der Waals surface area contributed by atoms with Gasteiger partial charge >= 0.3 is 17.8 Å². The maximum absolute atomic E-state index is 14.8. The summed E-state index contributed by atoms with van der Waals surface area (Å²) in [6, 6.07) is 7.82. The van der Waals surface area contributed by atoms with Crippen molar-refractivity contribution < 1.29 is 41.3 Å². The van der Waals surface area contributed by atoms with Crippen molar-refractivity contribution in [3.8, 4) is 22.9 Å². The Morgan fingerprint density at radius 2 is 1.78 bits per heavy atom. The fraction of sp³-hybridized carbons (Fsp3) is 0.261. The van der Waals surface area contributed by atoms with Crippen LogP contribution in [0.4, 0.5) is 17.6 Å². The highest BCUT2D eigenvalue weighted by molar-refractivity contribution is 6.32. The average molecular weight is 545 g/mol. The summed E-state index contributed by atoms with van der Waals surface area (Å²) in [5.41, 5.74) is -5.05. The van der Waals surface area contributed by atoms with E-state index in [0.717, 1.165) is 19.2 Å². The normalized spacial score (nSPS) is 13.7. The maximum atomic E-state index is 14.8. The SMILES string of the molecule is Cn1c(C(F)(F)F)cc(=O)n(-c2cc(Oc3ccccc3OCC(=O)OC3COC3)c(Cl)cc2F)c1=O. The molecule has 0 amide bonds. The molecule has 2 aromatic carbocycles. The van der Waals surface area contributed by atoms with E-state index < -0.39 is 47.2 Å². The molecular weight excluding hydrogens is 528 g/mol. The van der Waals surface area contributed by atoms with Crippen molar-refractivity contribution in [1.82, 2.24) is 9.13 Å². The third-order valence-corrected chi connectivity index (χ3v) is 5.47. The second-order valence-corrected chi connectivity index (χ2v) is 8.17. The molecule has 14 heteroatoms. The molecule has 1 fully saturated rings. The Kier molecular flexibility index (Phi) is 7.28. The van der Waals surface area contributed by atoms with Crippen LogP contribution in [0.2, 0.25) is 5.02 Å². The van der Waals surface area contributed by atoms with Crippen LogP contribution in [0.3, 0.4) is 0 Å². The van der Waals surface area contributed by atoms with Crippen LogP contribution in [-0.2, 0) is 27.5 Å². The van der Waals surface area contributed by atoms with Crippen molar-refractivity contribution >= 4 is 17.6 Å². The van der Waals surface area contributed by atoms with Crippen LogP contribution in [-0.4, -0.2) is 41.0 Å². The topological polar surface area (TPSA) is 98.0 Å². The van der Waals surface area contributed by atoms with Crippen LogP contribution in [0, 0.1) is 5.82 Å². The molecule has 0 aliphatic carbocycles. The van der Waals surface area contributed by atoms with E-state index in [4.69, 9.17) is 30.5 Å². The van der Waals surface area contributed by atoms with E-state index in [-0.39, 0.29) is 43.6 Å². The largest absolute Gasteiger partial charge is 0.478 e. The van der Waals surface area contributed by atoms with Gasteiger partial charge in [0.2, 0.25) is 0 Å². The number of carbonyl (C=O) groups is 1. The van der Waals surface area contributed by atoms with Crippen LogP contribution in [0.15, 0.2) is 52.1 Å². The van der Waals surface area contributed by atoms with Crippen LogP contribution in [0.25, 0.3) is 5.69 Å². The average Bonchev–Trinajstić information content (AvgIpc) is 2.80. The van der Waals surface area contributed by atoms with Gasteiger partial charge in [-0.25, -0.2) is 18.5 Å². The summed E-state index contributed by atoms with van der Waals surface area (Å²) in [5.74, 6) is -1.97. The summed E-state index contributed by atoms with van der Waals surface area (Å²) < 4.78 is 75.7. The fourth-order valence-corrected chi connectivity index (χ4v) is 3.49. The number of alkyl halides is 3. The zero-order chi connectivity index (χ0) is 26.9. The summed E-state index contributed by atoms with van der Waals surface area (Å²) in [6.45, 7) is 0.125. The van der Waals surface area contributed by atoms with E-state index in [2.05, 4.69) is 0 Å². The Labute approximate surface area is 210 Å². The van der Waals surface area contributed by atoms with Crippen LogP contribution >= 0.6 is 11.6 Å². The summed E-state index contributed by atoms with van der Waals surface area (Å²) in [5, 5.41) is -0.280. The van der Waals surface area contributed by atoms with E-state index in [0.29, 0.717) is 13.2 Å². The molecule has 1 aliphatic heterocycles. The monoisotopic (exact) mass is 544 g/mol. The number of rotatable bonds is 7. The highest BCUT2D eigenvalue weighted by Gasteiger charge is 2.35. The first-order valence-electron chi connectivity index (χ1n) is 10.5. The van der Waals surface area contributed by atoms with Gasteiger partial charge in [0.1, 0.15) is 23.4 Å². The summed E-state index contributed by atoms with van der Waals surface area (Å²) in [7, 11) is 0.795. The summed E-state index contributed by atoms with van der Waals surface area (Å²) in [4.78, 5) is 36.9. The Hall–Kier alpha value is -3.84. The third-order valence-electron chi connectivity index (χ3n) is 5.17. The molecule has 0 unspecified atom stereocenters. The molecule has 3 aromatic rings. The lowest BCUT2D eigenvalue weighted by Gasteiger charge is -2.25. The molecule has 1 saturated heterocycles. The van der Waals surface area contributed by atoms with Gasteiger partial charge < -0.3 is 18.9 Å². The zero-order valence-electron chi connectivity index (χ0n) is 18.9. The molecule has 0 bridgehead atoms. The number of ether oxygens (including phenoxy) is 4. The molecule has 0 saturated carbocycles. The molecule has 1 aliphatic rings. The van der Waals surface area contributed by atoms with Gasteiger partial charge in [0.15, 0.2) is 18.1 Å². The first-order valence-corrected chi connectivity index (χ1v) is 10.9. The quantitative estimate of drug-likeness (QED) is 0.332. The van der Waals surface area contributed by atoms with E-state index >= 15 is 0 Å². The van der Waals surface area contributed by atoms with Gasteiger partial charge in [0.05, 0.1) is 23.9 Å². The minimum atomic E-state index is -4.99. The van der Waals surface area contributed by atoms with E-state index in [9.17, 15) is 31.9 Å². The number of esters is 1. The van der Waals surface area contributed by atoms with Crippen molar-refractivity contribution in [2.45, 2.75) is 12.3 Å². The second-order valence-electron chi connectivity index (χ2n) is 7.76. The number of halogens is 5. The van der Waals surface area contributed by atoms with Gasteiger partial charge in [-0.15, -0.1) is 0 Å². The lowest BCUT2D eigenvalue weighted by molar-refractivity contribution is -0.174. The van der Waals surface area contributed by atoms with Crippen molar-refractivity contribution in [3.05, 3.63) is 79.8 Å². The summed E-state index contributed by atoms with van der Waals surface area (Å²) >= 11 is 6.08. The predicted molar refractivity (Wildman–Crippen MR) is 120 cm³/mol. The summed E-state index contributed by atoms with van der Waals surface area (Å²) in [6.07, 6.45) is -5.33. The predicted octanol–water partition coefficient (Wildman–Crippen LogP) is 3.46. The number of carbonyl (C=O) groups excluding carboxylic acids is 1. The van der Waals surface area contributed by atoms with Gasteiger partial charge in [-0.05, 0) is 18.2 Å². The molecule has 4 rings (SSSR count). The number of nitrogens with zero attached hydrogens (tertiary/aromatic N) is 2. The maximum Gasteiger partial charge on any atom is 0.431 e. The first kappa shape index (κ1) is 26.2. The van der Waals surface area contributed by atoms with Crippen molar-refractivity contribution in [3.63, 3.8) is 0 Å². The van der Waals surface area contributed by atoms with E-state index in [1.807, 2.05) is 0 Å². The molecule has 1 aromatic heterocycles. The highest BCUT2D eigenvalue weighted by atomic mass is 35.5. The molecule has 37 heavy (non-hydrogen) atoms. The Morgan fingerprint density at radius 1 is 1.11 bits per heavy atom. The number of benzene rings is 2. The zero-order valence-corrected chi connectivity index (χ0v) is 19.6. The molecule has 0 spiro atoms. The molecular formula is C23H17ClF4N2O7. The van der Waals surface area contributed by atoms with Gasteiger partial charge in [0.25, 0.3) is 5.56 Å². The third kappa shape index (κ3) is 5.62. The smallest absolute Gasteiger partial charge is 0.431 e. The van der Waals surface area contributed by atoms with Gasteiger partial charge in [0, 0.05) is 19.2 Å². The number of hydrogen-bond donors (Lipinski definition) is 0. The van der Waals surface area contributed by atoms with Crippen LogP contribution in [0.1, 0.15) is 5.69 Å². The Balaban J connectivity index is 1.65. The Bertz CT molecular complexity index is 1460. The molecule has 196 valence electrons. The van der Waals surface area contributed by atoms with Crippen molar-refractivity contribution in [2.75, 3.05) is 19.8 Å². The second kappa shape index (κ2) is 10.3. The standard InChI is InChI=1S/C23H17ClF4N2O7/c1-29-19(23(26,27)28)8-20(31)30(22(29)33)15-7-18(13(24)6-14(15)25)37-17-5-3-2-4-16(17)35-11-21(32)36-12-9-34-10-12/h2-8,12H,9-11H2,1H3. The van der Waals surface area contributed by atoms with E-state index in [1.165, 1.54) is 12.1 Å². The molecule has 9 nitrogen and oxygen atoms in total. The van der Waals surface area contributed by atoms with Gasteiger partial charge in [-0.3, -0.25) is 9.36 Å². The molecule has 0 radical (unpaired) electrons. The Morgan fingerprint density at radius 3 is 2.41 bits per heavy atom. The van der Waals surface area contributed by atoms with Crippen LogP contribution in [0.5, 0.6) is 17.2 Å². The first-order chi connectivity index (χ1) is 17.5. The minimum Gasteiger partial charge on any atom is -0.478 e. The number of hydrogen-bond acceptors (Lipinski definition) is 7. The van der Waals surface area contributed by atoms with Crippen molar-refractivity contribution in [1.29, 1.82) is 0 Å². The van der Waals surface area contributed by atoms with Gasteiger partial charge in [-0.1, -0.05) is 23.7 Å². The lowest BCUT2D eigenvalue weighted by atomic mass is 10.2. The fourth-order valence-electron chi connectivity index (χ4n) is 3.30. The number of para-hydroxylation sites is 2. The number of aromatic nitrogens is 2. The van der Waals surface area contributed by atoms with E-state index in [1.54, 1.807) is 12.1 Å². The molecule has 0 N–H and O–H groups in total. The minimum absolute atomic E-state index is 0.0226. The molecule has 2 heterocycles. The molecule has 0 atom stereocenters. The van der Waals surface area contributed by atoms with Crippen molar-refractivity contribution in [2.24, 2.45) is 7.05 Å². The lowest BCUT2D eigenvalue weighted by Crippen LogP contribution is -2.41.